The summed E-state index contributed by atoms with van der Waals surface area (Å²) in [7, 11) is 0. The lowest BCUT2D eigenvalue weighted by atomic mass is 9.70. The van der Waals surface area contributed by atoms with Gasteiger partial charge in [-0.3, -0.25) is 0 Å². The van der Waals surface area contributed by atoms with Crippen LogP contribution in [0.1, 0.15) is 60.3 Å². The van der Waals surface area contributed by atoms with Crippen LogP contribution in [-0.4, -0.2) is 37.0 Å². The van der Waals surface area contributed by atoms with Crippen LogP contribution in [0.25, 0.3) is 0 Å². The van der Waals surface area contributed by atoms with Crippen molar-refractivity contribution in [1.82, 2.24) is 5.32 Å². The molecule has 0 aromatic rings. The first kappa shape index (κ1) is 17.2. The third-order valence-corrected chi connectivity index (χ3v) is 6.42. The van der Waals surface area contributed by atoms with Gasteiger partial charge in [-0.05, 0) is 54.9 Å². The highest BCUT2D eigenvalue weighted by atomic mass is 16.5. The summed E-state index contributed by atoms with van der Waals surface area (Å²) in [5.41, 5.74) is 0.744. The van der Waals surface area contributed by atoms with E-state index in [-0.39, 0.29) is 6.10 Å². The zero-order chi connectivity index (χ0) is 15.7. The van der Waals surface area contributed by atoms with Gasteiger partial charge in [0.25, 0.3) is 0 Å². The van der Waals surface area contributed by atoms with Gasteiger partial charge in [0.15, 0.2) is 0 Å². The van der Waals surface area contributed by atoms with E-state index in [9.17, 15) is 5.11 Å². The lowest BCUT2D eigenvalue weighted by Gasteiger charge is -2.39. The van der Waals surface area contributed by atoms with Gasteiger partial charge in [0, 0.05) is 13.2 Å². The Kier molecular flexibility index (Phi) is 5.38. The second-order valence-electron chi connectivity index (χ2n) is 8.46. The minimum absolute atomic E-state index is 0.289. The molecule has 2 bridgehead atoms. The van der Waals surface area contributed by atoms with Crippen LogP contribution in [-0.2, 0) is 4.74 Å². The van der Waals surface area contributed by atoms with Crippen LogP contribution in [0, 0.1) is 22.7 Å². The summed E-state index contributed by atoms with van der Waals surface area (Å²) in [4.78, 5) is 0. The molecule has 2 N–H and O–H groups in total. The summed E-state index contributed by atoms with van der Waals surface area (Å²) < 4.78 is 6.19. The first-order valence-corrected chi connectivity index (χ1v) is 8.77. The van der Waals surface area contributed by atoms with Gasteiger partial charge < -0.3 is 15.2 Å². The van der Waals surface area contributed by atoms with Gasteiger partial charge in [0.1, 0.15) is 0 Å². The molecule has 4 atom stereocenters. The molecule has 0 aliphatic heterocycles. The number of fused-ring (bicyclic) bond motifs is 2. The van der Waals surface area contributed by atoms with Gasteiger partial charge in [-0.2, -0.15) is 0 Å². The van der Waals surface area contributed by atoms with Crippen LogP contribution in [0.2, 0.25) is 0 Å². The van der Waals surface area contributed by atoms with E-state index < -0.39 is 0 Å². The van der Waals surface area contributed by atoms with E-state index in [4.69, 9.17) is 4.74 Å². The number of rotatable bonds is 8. The zero-order valence-electron chi connectivity index (χ0n) is 14.6. The Bertz CT molecular complexity index is 342. The number of ether oxygens (including phenoxy) is 1. The van der Waals surface area contributed by atoms with E-state index in [0.29, 0.717) is 36.0 Å². The Hall–Kier alpha value is -0.120. The SMILES string of the molecule is CC(C)CNC[C@@H](O)CCO[C@@H]1C[C@H]2CC[C@@]1(C)C2(C)C. The zero-order valence-corrected chi connectivity index (χ0v) is 14.6. The third kappa shape index (κ3) is 3.46. The highest BCUT2D eigenvalue weighted by Crippen LogP contribution is 2.66. The first-order chi connectivity index (χ1) is 9.77. The molecule has 3 nitrogen and oxygen atoms in total. The molecule has 21 heavy (non-hydrogen) atoms. The molecule has 0 unspecified atom stereocenters. The van der Waals surface area contributed by atoms with Crippen molar-refractivity contribution in [2.75, 3.05) is 19.7 Å². The molecule has 0 saturated heterocycles. The average Bonchev–Trinajstić information content (AvgIpc) is 2.71. The average molecular weight is 297 g/mol. The van der Waals surface area contributed by atoms with Crippen LogP contribution >= 0.6 is 0 Å². The maximum atomic E-state index is 9.99. The summed E-state index contributed by atoms with van der Waals surface area (Å²) in [6.07, 6.45) is 4.72. The number of hydrogen-bond donors (Lipinski definition) is 2. The molecule has 2 aliphatic carbocycles. The largest absolute Gasteiger partial charge is 0.392 e. The van der Waals surface area contributed by atoms with Gasteiger partial charge in [-0.25, -0.2) is 0 Å². The van der Waals surface area contributed by atoms with Crippen LogP contribution in [0.4, 0.5) is 0 Å². The minimum Gasteiger partial charge on any atom is -0.392 e. The fourth-order valence-electron chi connectivity index (χ4n) is 4.37. The van der Waals surface area contributed by atoms with Crippen molar-refractivity contribution in [3.05, 3.63) is 0 Å². The van der Waals surface area contributed by atoms with Crippen molar-refractivity contribution in [1.29, 1.82) is 0 Å². The molecule has 0 spiro atoms. The normalized spacial score (nSPS) is 35.6. The fourth-order valence-corrected chi connectivity index (χ4v) is 4.37. The first-order valence-electron chi connectivity index (χ1n) is 8.77. The van der Waals surface area contributed by atoms with Crippen molar-refractivity contribution < 1.29 is 9.84 Å². The van der Waals surface area contributed by atoms with E-state index >= 15 is 0 Å². The highest BCUT2D eigenvalue weighted by molar-refractivity contribution is 5.11. The Morgan fingerprint density at radius 2 is 1.95 bits per heavy atom. The van der Waals surface area contributed by atoms with Crippen LogP contribution in [0.15, 0.2) is 0 Å². The molecule has 0 heterocycles. The van der Waals surface area contributed by atoms with Gasteiger partial charge >= 0.3 is 0 Å². The molecule has 2 rings (SSSR count). The summed E-state index contributed by atoms with van der Waals surface area (Å²) in [6, 6.07) is 0. The van der Waals surface area contributed by atoms with Gasteiger partial charge in [0.05, 0.1) is 12.2 Å². The topological polar surface area (TPSA) is 41.5 Å². The van der Waals surface area contributed by atoms with Crippen molar-refractivity contribution in [2.45, 2.75) is 72.5 Å². The van der Waals surface area contributed by atoms with E-state index in [1.807, 2.05) is 0 Å². The molecule has 0 aromatic carbocycles. The summed E-state index contributed by atoms with van der Waals surface area (Å²) >= 11 is 0. The fraction of sp³-hybridized carbons (Fsp3) is 1.00. The maximum absolute atomic E-state index is 9.99. The van der Waals surface area contributed by atoms with E-state index in [2.05, 4.69) is 39.9 Å². The quantitative estimate of drug-likeness (QED) is 0.723. The van der Waals surface area contributed by atoms with Crippen LogP contribution in [0.5, 0.6) is 0 Å². The highest BCUT2D eigenvalue weighted by Gasteiger charge is 2.61. The van der Waals surface area contributed by atoms with E-state index in [1.165, 1.54) is 19.3 Å². The van der Waals surface area contributed by atoms with Gasteiger partial charge in [-0.1, -0.05) is 34.6 Å². The molecule has 2 saturated carbocycles. The van der Waals surface area contributed by atoms with Gasteiger partial charge in [-0.15, -0.1) is 0 Å². The molecule has 0 amide bonds. The summed E-state index contributed by atoms with van der Waals surface area (Å²) in [5, 5.41) is 13.3. The predicted molar refractivity (Wildman–Crippen MR) is 87.3 cm³/mol. The molecular formula is C18H35NO2. The molecule has 2 aliphatic rings. The van der Waals surface area contributed by atoms with E-state index in [1.54, 1.807) is 0 Å². The maximum Gasteiger partial charge on any atom is 0.0686 e. The molecule has 3 heteroatoms. The van der Waals surface area contributed by atoms with Crippen molar-refractivity contribution in [2.24, 2.45) is 22.7 Å². The molecule has 2 fully saturated rings. The molecule has 0 aromatic heterocycles. The monoisotopic (exact) mass is 297 g/mol. The third-order valence-electron chi connectivity index (χ3n) is 6.42. The van der Waals surface area contributed by atoms with Crippen molar-refractivity contribution in [3.63, 3.8) is 0 Å². The Labute approximate surface area is 130 Å². The van der Waals surface area contributed by atoms with Crippen molar-refractivity contribution >= 4 is 0 Å². The summed E-state index contributed by atoms with van der Waals surface area (Å²) in [5.74, 6) is 1.45. The number of aliphatic hydroxyl groups is 1. The van der Waals surface area contributed by atoms with E-state index in [0.717, 1.165) is 18.9 Å². The number of aliphatic hydroxyl groups excluding tert-OH is 1. The number of nitrogens with one attached hydrogen (secondary N) is 1. The van der Waals surface area contributed by atoms with Crippen LogP contribution in [0.3, 0.4) is 0 Å². The molecule has 124 valence electrons. The van der Waals surface area contributed by atoms with Crippen LogP contribution < -0.4 is 5.32 Å². The Balaban J connectivity index is 1.68. The smallest absolute Gasteiger partial charge is 0.0686 e. The second kappa shape index (κ2) is 6.55. The molecule has 0 radical (unpaired) electrons. The lowest BCUT2D eigenvalue weighted by Crippen LogP contribution is -2.38. The second-order valence-corrected chi connectivity index (χ2v) is 8.46. The summed E-state index contributed by atoms with van der Waals surface area (Å²) in [6.45, 7) is 13.9. The lowest BCUT2D eigenvalue weighted by molar-refractivity contribution is -0.0546. The molecular weight excluding hydrogens is 262 g/mol. The Morgan fingerprint density at radius 1 is 1.24 bits per heavy atom. The van der Waals surface area contributed by atoms with Crippen molar-refractivity contribution in [3.8, 4) is 0 Å². The van der Waals surface area contributed by atoms with Gasteiger partial charge in [0.2, 0.25) is 0 Å². The number of hydrogen-bond acceptors (Lipinski definition) is 3. The standard InChI is InChI=1S/C18H35NO2/c1-13(2)11-19-12-15(20)7-9-21-16-10-14-6-8-18(16,5)17(14,3)4/h13-16,19-20H,6-12H2,1-5H3/t14-,15+,16-,18-/m1/s1. The predicted octanol–water partition coefficient (Wildman–Crippen LogP) is 3.21. The Morgan fingerprint density at radius 3 is 2.48 bits per heavy atom. The minimum atomic E-state index is -0.289.